The predicted molar refractivity (Wildman–Crippen MR) is 142 cm³/mol. The van der Waals surface area contributed by atoms with E-state index in [1.54, 1.807) is 22.9 Å². The van der Waals surface area contributed by atoms with E-state index in [4.69, 9.17) is 23.2 Å². The number of nitrogens with zero attached hydrogens (tertiary/aromatic N) is 2. The standard InChI is InChI=1S/C25H19BrCl2F3N3O2S/c1-2-20-22(14-32-37(35,36)19-5-3-4-16(12-19)25(29,30)31)33-34(23-11-10-18(27)13-21(23)28)24(20)15-6-8-17(26)9-7-15/h3-13,32H,2,14H2,1H3. The predicted octanol–water partition coefficient (Wildman–Crippen LogP) is 7.67. The average Bonchev–Trinajstić information content (AvgIpc) is 3.21. The van der Waals surface area contributed by atoms with Crippen molar-refractivity contribution in [3.05, 3.63) is 98.1 Å². The van der Waals surface area contributed by atoms with E-state index in [9.17, 15) is 21.6 Å². The SMILES string of the molecule is CCc1c(CNS(=O)(=O)c2cccc(C(F)(F)F)c2)nn(-c2ccc(Cl)cc2Cl)c1-c1ccc(Br)cc1. The maximum absolute atomic E-state index is 13.1. The molecule has 0 spiro atoms. The maximum atomic E-state index is 13.1. The van der Waals surface area contributed by atoms with Gasteiger partial charge in [0.1, 0.15) is 0 Å². The van der Waals surface area contributed by atoms with Crippen LogP contribution in [0.25, 0.3) is 16.9 Å². The molecule has 0 aliphatic rings. The van der Waals surface area contributed by atoms with Crippen molar-refractivity contribution in [1.82, 2.24) is 14.5 Å². The number of benzene rings is 3. The highest BCUT2D eigenvalue weighted by Gasteiger charge is 2.32. The normalized spacial score (nSPS) is 12.2. The molecule has 0 amide bonds. The molecule has 0 unspecified atom stereocenters. The van der Waals surface area contributed by atoms with Gasteiger partial charge in [-0.15, -0.1) is 0 Å². The Morgan fingerprint density at radius 1 is 1.03 bits per heavy atom. The van der Waals surface area contributed by atoms with Crippen LogP contribution in [0.2, 0.25) is 10.0 Å². The molecule has 3 aromatic carbocycles. The molecule has 0 saturated carbocycles. The molecular formula is C25H19BrCl2F3N3O2S. The number of halogens is 6. The molecule has 1 N–H and O–H groups in total. The highest BCUT2D eigenvalue weighted by Crippen LogP contribution is 2.34. The molecule has 0 bridgehead atoms. The molecule has 4 aromatic rings. The van der Waals surface area contributed by atoms with Gasteiger partial charge in [0.2, 0.25) is 10.0 Å². The average molecular weight is 633 g/mol. The smallest absolute Gasteiger partial charge is 0.231 e. The van der Waals surface area contributed by atoms with Crippen LogP contribution in [-0.2, 0) is 29.2 Å². The van der Waals surface area contributed by atoms with Gasteiger partial charge in [-0.2, -0.15) is 18.3 Å². The van der Waals surface area contributed by atoms with Crippen LogP contribution < -0.4 is 4.72 Å². The van der Waals surface area contributed by atoms with E-state index in [-0.39, 0.29) is 6.54 Å². The van der Waals surface area contributed by atoms with Crippen LogP contribution >= 0.6 is 39.1 Å². The molecule has 37 heavy (non-hydrogen) atoms. The van der Waals surface area contributed by atoms with Crippen LogP contribution in [0.1, 0.15) is 23.7 Å². The first-order valence-electron chi connectivity index (χ1n) is 10.9. The van der Waals surface area contributed by atoms with Gasteiger partial charge in [0.15, 0.2) is 0 Å². The zero-order chi connectivity index (χ0) is 27.0. The lowest BCUT2D eigenvalue weighted by molar-refractivity contribution is -0.137. The van der Waals surface area contributed by atoms with Crippen LogP contribution in [0.3, 0.4) is 0 Å². The van der Waals surface area contributed by atoms with E-state index < -0.39 is 26.7 Å². The van der Waals surface area contributed by atoms with E-state index in [1.807, 2.05) is 31.2 Å². The molecule has 0 aliphatic carbocycles. The second kappa shape index (κ2) is 10.8. The maximum Gasteiger partial charge on any atom is 0.416 e. The van der Waals surface area contributed by atoms with Crippen molar-refractivity contribution in [3.63, 3.8) is 0 Å². The quantitative estimate of drug-likeness (QED) is 0.227. The molecule has 0 radical (unpaired) electrons. The Labute approximate surface area is 230 Å². The summed E-state index contributed by atoms with van der Waals surface area (Å²) in [6.07, 6.45) is -4.17. The van der Waals surface area contributed by atoms with Crippen molar-refractivity contribution < 1.29 is 21.6 Å². The molecule has 0 atom stereocenters. The van der Waals surface area contributed by atoms with Gasteiger partial charge in [-0.1, -0.05) is 64.3 Å². The van der Waals surface area contributed by atoms with E-state index in [2.05, 4.69) is 25.8 Å². The Morgan fingerprint density at radius 3 is 2.35 bits per heavy atom. The third kappa shape index (κ3) is 6.04. The Kier molecular flexibility index (Phi) is 8.06. The second-order valence-electron chi connectivity index (χ2n) is 7.99. The van der Waals surface area contributed by atoms with Gasteiger partial charge in [-0.25, -0.2) is 17.8 Å². The summed E-state index contributed by atoms with van der Waals surface area (Å²) in [6, 6.07) is 16.0. The minimum atomic E-state index is -4.67. The highest BCUT2D eigenvalue weighted by molar-refractivity contribution is 9.10. The summed E-state index contributed by atoms with van der Waals surface area (Å²) < 4.78 is 70.0. The molecule has 194 valence electrons. The van der Waals surface area contributed by atoms with Crippen molar-refractivity contribution in [2.75, 3.05) is 0 Å². The van der Waals surface area contributed by atoms with Gasteiger partial charge in [-0.3, -0.25) is 0 Å². The molecule has 1 aromatic heterocycles. The Hall–Kier alpha value is -2.37. The molecule has 4 rings (SSSR count). The molecule has 12 heteroatoms. The first kappa shape index (κ1) is 27.7. The molecule has 0 saturated heterocycles. The topological polar surface area (TPSA) is 64.0 Å². The Morgan fingerprint density at radius 2 is 1.73 bits per heavy atom. The van der Waals surface area contributed by atoms with E-state index in [0.29, 0.717) is 39.6 Å². The number of rotatable bonds is 7. The van der Waals surface area contributed by atoms with Crippen LogP contribution in [0.4, 0.5) is 13.2 Å². The fraction of sp³-hybridized carbons (Fsp3) is 0.160. The first-order chi connectivity index (χ1) is 17.4. The molecule has 1 heterocycles. The lowest BCUT2D eigenvalue weighted by Crippen LogP contribution is -2.24. The Bertz CT molecular complexity index is 1560. The number of hydrogen-bond donors (Lipinski definition) is 1. The van der Waals surface area contributed by atoms with Crippen molar-refractivity contribution in [2.45, 2.75) is 31.0 Å². The summed E-state index contributed by atoms with van der Waals surface area (Å²) in [4.78, 5) is -0.492. The Balaban J connectivity index is 1.78. The number of aromatic nitrogens is 2. The first-order valence-corrected chi connectivity index (χ1v) is 13.9. The fourth-order valence-electron chi connectivity index (χ4n) is 3.83. The van der Waals surface area contributed by atoms with Gasteiger partial charge in [-0.05, 0) is 55.0 Å². The minimum absolute atomic E-state index is 0.247. The summed E-state index contributed by atoms with van der Waals surface area (Å²) in [7, 11) is -4.27. The lowest BCUT2D eigenvalue weighted by atomic mass is 10.0. The van der Waals surface area contributed by atoms with Crippen molar-refractivity contribution >= 4 is 49.2 Å². The number of nitrogens with one attached hydrogen (secondary N) is 1. The van der Waals surface area contributed by atoms with Crippen LogP contribution in [0.5, 0.6) is 0 Å². The summed E-state index contributed by atoms with van der Waals surface area (Å²) >= 11 is 16.0. The number of hydrogen-bond acceptors (Lipinski definition) is 3. The van der Waals surface area contributed by atoms with Crippen LogP contribution in [-0.4, -0.2) is 18.2 Å². The zero-order valence-corrected chi connectivity index (χ0v) is 23.1. The van der Waals surface area contributed by atoms with Crippen LogP contribution in [0, 0.1) is 0 Å². The monoisotopic (exact) mass is 631 g/mol. The van der Waals surface area contributed by atoms with E-state index in [0.717, 1.165) is 33.8 Å². The molecule has 5 nitrogen and oxygen atoms in total. The van der Waals surface area contributed by atoms with E-state index >= 15 is 0 Å². The van der Waals surface area contributed by atoms with Gasteiger partial charge >= 0.3 is 6.18 Å². The number of alkyl halides is 3. The summed E-state index contributed by atoms with van der Waals surface area (Å²) in [5.74, 6) is 0. The van der Waals surface area contributed by atoms with Crippen LogP contribution in [0.15, 0.2) is 76.1 Å². The molecule has 0 aliphatic heterocycles. The number of sulfonamides is 1. The zero-order valence-electron chi connectivity index (χ0n) is 19.2. The highest BCUT2D eigenvalue weighted by atomic mass is 79.9. The minimum Gasteiger partial charge on any atom is -0.231 e. The summed E-state index contributed by atoms with van der Waals surface area (Å²) in [5.41, 5.74) is 2.15. The summed E-state index contributed by atoms with van der Waals surface area (Å²) in [5, 5.41) is 5.45. The van der Waals surface area contributed by atoms with Gasteiger partial charge in [0, 0.05) is 20.6 Å². The molecular weight excluding hydrogens is 614 g/mol. The molecule has 0 fully saturated rings. The van der Waals surface area contributed by atoms with Gasteiger partial charge < -0.3 is 0 Å². The second-order valence-corrected chi connectivity index (χ2v) is 11.5. The third-order valence-electron chi connectivity index (χ3n) is 5.58. The third-order valence-corrected chi connectivity index (χ3v) is 8.04. The van der Waals surface area contributed by atoms with E-state index in [1.165, 1.54) is 0 Å². The van der Waals surface area contributed by atoms with Gasteiger partial charge in [0.05, 0.1) is 39.1 Å². The lowest BCUT2D eigenvalue weighted by Gasteiger charge is -2.11. The van der Waals surface area contributed by atoms with Crippen molar-refractivity contribution in [1.29, 1.82) is 0 Å². The largest absolute Gasteiger partial charge is 0.416 e. The van der Waals surface area contributed by atoms with Crippen molar-refractivity contribution in [3.8, 4) is 16.9 Å². The summed E-state index contributed by atoms with van der Waals surface area (Å²) in [6.45, 7) is 1.65. The fourth-order valence-corrected chi connectivity index (χ4v) is 5.61. The van der Waals surface area contributed by atoms with Crippen molar-refractivity contribution in [2.24, 2.45) is 0 Å². The van der Waals surface area contributed by atoms with Gasteiger partial charge in [0.25, 0.3) is 0 Å².